The predicted octanol–water partition coefficient (Wildman–Crippen LogP) is 3.48. The summed E-state index contributed by atoms with van der Waals surface area (Å²) in [6.45, 7) is 0. The van der Waals surface area contributed by atoms with Crippen molar-refractivity contribution in [1.82, 2.24) is 0 Å². The lowest BCUT2D eigenvalue weighted by Gasteiger charge is -2.08. The second kappa shape index (κ2) is 4.70. The molecule has 0 fully saturated rings. The largest absolute Gasteiger partial charge is 0.508 e. The van der Waals surface area contributed by atoms with Crippen LogP contribution in [0.3, 0.4) is 0 Å². The lowest BCUT2D eigenvalue weighted by molar-refractivity contribution is 0.103. The molecule has 0 heterocycles. The van der Waals surface area contributed by atoms with Gasteiger partial charge in [0.05, 0.1) is 5.56 Å². The number of rotatable bonds is 2. The zero-order valence-corrected chi connectivity index (χ0v) is 10.6. The second-order valence-corrected chi connectivity index (χ2v) is 4.56. The molecule has 0 amide bonds. The minimum Gasteiger partial charge on any atom is -0.508 e. The Labute approximate surface area is 115 Å². The van der Waals surface area contributed by atoms with Gasteiger partial charge in [0.25, 0.3) is 0 Å². The first-order valence-corrected chi connectivity index (χ1v) is 6.21. The fourth-order valence-corrected chi connectivity index (χ4v) is 2.26. The standard InChI is InChI=1S/C17H12O3/c18-13-8-5-12(6-9-13)17(20)16-14-4-2-1-3-11(14)7-10-15(16)19/h1-10,18-19H. The number of fused-ring (bicyclic) bond motifs is 1. The highest BCUT2D eigenvalue weighted by atomic mass is 16.3. The lowest BCUT2D eigenvalue weighted by Crippen LogP contribution is -2.02. The van der Waals surface area contributed by atoms with Gasteiger partial charge in [0.2, 0.25) is 0 Å². The van der Waals surface area contributed by atoms with Crippen molar-refractivity contribution in [3.8, 4) is 11.5 Å². The molecule has 0 saturated heterocycles. The van der Waals surface area contributed by atoms with Crippen molar-refractivity contribution < 1.29 is 15.0 Å². The highest BCUT2D eigenvalue weighted by Gasteiger charge is 2.16. The molecule has 0 aliphatic heterocycles. The quantitative estimate of drug-likeness (QED) is 0.697. The third-order valence-corrected chi connectivity index (χ3v) is 3.26. The molecule has 0 unspecified atom stereocenters. The summed E-state index contributed by atoms with van der Waals surface area (Å²) in [6, 6.07) is 16.7. The van der Waals surface area contributed by atoms with Gasteiger partial charge in [0, 0.05) is 5.56 Å². The molecular formula is C17H12O3. The number of hydrogen-bond donors (Lipinski definition) is 2. The fourth-order valence-electron chi connectivity index (χ4n) is 2.26. The van der Waals surface area contributed by atoms with E-state index in [1.807, 2.05) is 24.3 Å². The summed E-state index contributed by atoms with van der Waals surface area (Å²) in [4.78, 5) is 12.6. The van der Waals surface area contributed by atoms with Crippen LogP contribution in [0.4, 0.5) is 0 Å². The molecule has 20 heavy (non-hydrogen) atoms. The first-order chi connectivity index (χ1) is 9.66. The Morgan fingerprint density at radius 3 is 2.25 bits per heavy atom. The minimum atomic E-state index is -0.265. The Kier molecular flexibility index (Phi) is 2.88. The van der Waals surface area contributed by atoms with Crippen molar-refractivity contribution >= 4 is 16.6 Å². The van der Waals surface area contributed by atoms with Crippen LogP contribution in [0.1, 0.15) is 15.9 Å². The Hall–Kier alpha value is -2.81. The van der Waals surface area contributed by atoms with Crippen LogP contribution in [-0.4, -0.2) is 16.0 Å². The van der Waals surface area contributed by atoms with Crippen LogP contribution in [0.2, 0.25) is 0 Å². The molecule has 0 spiro atoms. The van der Waals surface area contributed by atoms with Crippen molar-refractivity contribution in [3.05, 3.63) is 71.8 Å². The van der Waals surface area contributed by atoms with Crippen LogP contribution in [0.5, 0.6) is 11.5 Å². The number of phenolic OH excluding ortho intramolecular Hbond substituents is 2. The first-order valence-electron chi connectivity index (χ1n) is 6.21. The molecule has 3 nitrogen and oxygen atoms in total. The third kappa shape index (κ3) is 1.99. The maximum Gasteiger partial charge on any atom is 0.197 e. The van der Waals surface area contributed by atoms with Gasteiger partial charge in [-0.2, -0.15) is 0 Å². The molecule has 0 bridgehead atoms. The fraction of sp³-hybridized carbons (Fsp3) is 0. The molecular weight excluding hydrogens is 252 g/mol. The van der Waals surface area contributed by atoms with Gasteiger partial charge in [-0.1, -0.05) is 30.3 Å². The van der Waals surface area contributed by atoms with E-state index in [9.17, 15) is 15.0 Å². The van der Waals surface area contributed by atoms with E-state index in [2.05, 4.69) is 0 Å². The summed E-state index contributed by atoms with van der Waals surface area (Å²) in [5.41, 5.74) is 0.711. The van der Waals surface area contributed by atoms with E-state index in [4.69, 9.17) is 0 Å². The van der Waals surface area contributed by atoms with Gasteiger partial charge >= 0.3 is 0 Å². The molecule has 3 aromatic carbocycles. The van der Waals surface area contributed by atoms with E-state index in [-0.39, 0.29) is 22.8 Å². The Morgan fingerprint density at radius 2 is 1.50 bits per heavy atom. The van der Waals surface area contributed by atoms with Crippen LogP contribution >= 0.6 is 0 Å². The van der Waals surface area contributed by atoms with Gasteiger partial charge in [-0.05, 0) is 41.1 Å². The lowest BCUT2D eigenvalue weighted by atomic mass is 9.96. The summed E-state index contributed by atoms with van der Waals surface area (Å²) < 4.78 is 0. The zero-order valence-electron chi connectivity index (χ0n) is 10.6. The molecule has 0 radical (unpaired) electrons. The third-order valence-electron chi connectivity index (χ3n) is 3.26. The molecule has 3 aromatic rings. The molecule has 3 rings (SSSR count). The number of ketones is 1. The Balaban J connectivity index is 2.21. The SMILES string of the molecule is O=C(c1ccc(O)cc1)c1c(O)ccc2ccccc12. The van der Waals surface area contributed by atoms with Gasteiger partial charge in [-0.25, -0.2) is 0 Å². The van der Waals surface area contributed by atoms with Crippen LogP contribution in [-0.2, 0) is 0 Å². The van der Waals surface area contributed by atoms with Crippen LogP contribution in [0.25, 0.3) is 10.8 Å². The Morgan fingerprint density at radius 1 is 0.800 bits per heavy atom. The van der Waals surface area contributed by atoms with Crippen molar-refractivity contribution in [1.29, 1.82) is 0 Å². The molecule has 3 heteroatoms. The molecule has 0 aliphatic rings. The average molecular weight is 264 g/mol. The number of carbonyl (C=O) groups is 1. The van der Waals surface area contributed by atoms with Crippen LogP contribution < -0.4 is 0 Å². The van der Waals surface area contributed by atoms with Gasteiger partial charge in [-0.15, -0.1) is 0 Å². The van der Waals surface area contributed by atoms with Crippen LogP contribution in [0, 0.1) is 0 Å². The van der Waals surface area contributed by atoms with Gasteiger partial charge in [-0.3, -0.25) is 4.79 Å². The Bertz CT molecular complexity index is 789. The molecule has 0 saturated carbocycles. The van der Waals surface area contributed by atoms with E-state index in [0.717, 1.165) is 5.39 Å². The van der Waals surface area contributed by atoms with E-state index in [1.165, 1.54) is 18.2 Å². The maximum absolute atomic E-state index is 12.6. The summed E-state index contributed by atoms with van der Waals surface area (Å²) >= 11 is 0. The van der Waals surface area contributed by atoms with Crippen LogP contribution in [0.15, 0.2) is 60.7 Å². The van der Waals surface area contributed by atoms with Crippen molar-refractivity contribution in [2.24, 2.45) is 0 Å². The number of carbonyl (C=O) groups excluding carboxylic acids is 1. The minimum absolute atomic E-state index is 0.0400. The molecule has 0 aliphatic carbocycles. The maximum atomic E-state index is 12.6. The number of benzene rings is 3. The number of hydrogen-bond acceptors (Lipinski definition) is 3. The molecule has 0 atom stereocenters. The molecule has 0 aromatic heterocycles. The highest BCUT2D eigenvalue weighted by molar-refractivity contribution is 6.18. The average Bonchev–Trinajstić information content (AvgIpc) is 2.47. The van der Waals surface area contributed by atoms with Gasteiger partial charge < -0.3 is 10.2 Å². The van der Waals surface area contributed by atoms with E-state index >= 15 is 0 Å². The van der Waals surface area contributed by atoms with Crippen molar-refractivity contribution in [2.75, 3.05) is 0 Å². The normalized spacial score (nSPS) is 10.6. The number of aromatic hydroxyl groups is 2. The highest BCUT2D eigenvalue weighted by Crippen LogP contribution is 2.29. The first kappa shape index (κ1) is 12.2. The summed E-state index contributed by atoms with van der Waals surface area (Å²) in [7, 11) is 0. The summed E-state index contributed by atoms with van der Waals surface area (Å²) in [5, 5.41) is 20.9. The van der Waals surface area contributed by atoms with E-state index in [0.29, 0.717) is 10.9 Å². The van der Waals surface area contributed by atoms with E-state index < -0.39 is 0 Å². The zero-order chi connectivity index (χ0) is 14.1. The van der Waals surface area contributed by atoms with Gasteiger partial charge in [0.15, 0.2) is 5.78 Å². The monoisotopic (exact) mass is 264 g/mol. The molecule has 2 N–H and O–H groups in total. The smallest absolute Gasteiger partial charge is 0.197 e. The van der Waals surface area contributed by atoms with Crippen molar-refractivity contribution in [2.45, 2.75) is 0 Å². The van der Waals surface area contributed by atoms with E-state index in [1.54, 1.807) is 18.2 Å². The number of phenols is 2. The second-order valence-electron chi connectivity index (χ2n) is 4.56. The topological polar surface area (TPSA) is 57.5 Å². The van der Waals surface area contributed by atoms with Crippen molar-refractivity contribution in [3.63, 3.8) is 0 Å². The summed E-state index contributed by atoms with van der Waals surface area (Å²) in [5.74, 6) is -0.204. The van der Waals surface area contributed by atoms with Gasteiger partial charge in [0.1, 0.15) is 11.5 Å². The molecule has 98 valence electrons. The predicted molar refractivity (Wildman–Crippen MR) is 77.2 cm³/mol. The summed E-state index contributed by atoms with van der Waals surface area (Å²) in [6.07, 6.45) is 0.